The molecular weight excluding hydrogens is 184 g/mol. The molecule has 0 aromatic rings. The minimum absolute atomic E-state index is 0.409. The van der Waals surface area contributed by atoms with E-state index in [1.165, 1.54) is 13.8 Å². The number of carbonyl (C=O) groups is 2. The minimum atomic E-state index is -1.15. The lowest BCUT2D eigenvalue weighted by Gasteiger charge is -2.28. The van der Waals surface area contributed by atoms with Crippen LogP contribution < -0.4 is 0 Å². The van der Waals surface area contributed by atoms with E-state index in [-0.39, 0.29) is 0 Å². The molecule has 0 spiro atoms. The summed E-state index contributed by atoms with van der Waals surface area (Å²) in [5, 5.41) is 17.8. The van der Waals surface area contributed by atoms with Crippen LogP contribution in [0.3, 0.4) is 0 Å². The number of unbranched alkanes of at least 4 members (excludes halogenated alkanes) is 1. The molecule has 0 aromatic heterocycles. The highest BCUT2D eigenvalue weighted by atomic mass is 16.4. The van der Waals surface area contributed by atoms with Gasteiger partial charge < -0.3 is 10.2 Å². The van der Waals surface area contributed by atoms with Crippen LogP contribution in [0.4, 0.5) is 0 Å². The molecule has 0 bridgehead atoms. The third-order valence-electron chi connectivity index (χ3n) is 2.86. The molecule has 0 aromatic carbocycles. The summed E-state index contributed by atoms with van der Waals surface area (Å²) in [6, 6.07) is 0. The first-order valence-electron chi connectivity index (χ1n) is 4.82. The van der Waals surface area contributed by atoms with Crippen molar-refractivity contribution >= 4 is 11.9 Å². The van der Waals surface area contributed by atoms with Crippen LogP contribution in [0.15, 0.2) is 0 Å². The minimum Gasteiger partial charge on any atom is -0.481 e. The van der Waals surface area contributed by atoms with Gasteiger partial charge in [0.05, 0.1) is 11.3 Å². The maximum atomic E-state index is 11.0. The van der Waals surface area contributed by atoms with Gasteiger partial charge in [-0.15, -0.1) is 0 Å². The number of carboxylic acid groups (broad SMARTS) is 2. The summed E-state index contributed by atoms with van der Waals surface area (Å²) < 4.78 is 0. The van der Waals surface area contributed by atoms with Crippen LogP contribution in [0.25, 0.3) is 0 Å². The molecule has 4 nitrogen and oxygen atoms in total. The molecule has 0 saturated carbocycles. The van der Waals surface area contributed by atoms with Gasteiger partial charge in [0, 0.05) is 0 Å². The highest BCUT2D eigenvalue weighted by Crippen LogP contribution is 2.33. The topological polar surface area (TPSA) is 74.6 Å². The Kier molecular flexibility index (Phi) is 4.60. The van der Waals surface area contributed by atoms with Gasteiger partial charge in [0.25, 0.3) is 0 Å². The van der Waals surface area contributed by atoms with Crippen LogP contribution in [0, 0.1) is 11.3 Å². The molecule has 0 aliphatic heterocycles. The molecule has 0 heterocycles. The summed E-state index contributed by atoms with van der Waals surface area (Å²) in [5.41, 5.74) is -1.15. The van der Waals surface area contributed by atoms with Crippen molar-refractivity contribution in [2.45, 2.75) is 40.0 Å². The monoisotopic (exact) mass is 202 g/mol. The highest BCUT2D eigenvalue weighted by Gasteiger charge is 2.42. The molecule has 82 valence electrons. The zero-order chi connectivity index (χ0) is 11.4. The van der Waals surface area contributed by atoms with Crippen molar-refractivity contribution < 1.29 is 19.8 Å². The molecule has 4 heteroatoms. The molecular formula is C10H18O4. The Hall–Kier alpha value is -1.06. The zero-order valence-corrected chi connectivity index (χ0v) is 8.91. The van der Waals surface area contributed by atoms with E-state index in [2.05, 4.69) is 0 Å². The van der Waals surface area contributed by atoms with Crippen LogP contribution >= 0.6 is 0 Å². The van der Waals surface area contributed by atoms with Gasteiger partial charge in [-0.05, 0) is 13.3 Å². The largest absolute Gasteiger partial charge is 0.481 e. The molecule has 2 unspecified atom stereocenters. The van der Waals surface area contributed by atoms with Gasteiger partial charge in [-0.2, -0.15) is 0 Å². The second-order valence-electron chi connectivity index (χ2n) is 3.89. The van der Waals surface area contributed by atoms with E-state index < -0.39 is 23.3 Å². The third kappa shape index (κ3) is 2.72. The molecule has 2 atom stereocenters. The fraction of sp³-hybridized carbons (Fsp3) is 0.800. The van der Waals surface area contributed by atoms with Crippen LogP contribution in [-0.2, 0) is 9.59 Å². The van der Waals surface area contributed by atoms with E-state index in [4.69, 9.17) is 10.2 Å². The second-order valence-corrected chi connectivity index (χ2v) is 3.89. The standard InChI is InChI=1S/C10H18O4/c1-4-5-6-10(3,9(13)14)7(2)8(11)12/h7H,4-6H2,1-3H3,(H,11,12)(H,13,14). The summed E-state index contributed by atoms with van der Waals surface area (Å²) in [6.45, 7) is 4.91. The van der Waals surface area contributed by atoms with Crippen molar-refractivity contribution in [3.8, 4) is 0 Å². The normalized spacial score (nSPS) is 17.1. The second kappa shape index (κ2) is 4.98. The van der Waals surface area contributed by atoms with Gasteiger partial charge in [-0.1, -0.05) is 26.7 Å². The number of hydrogen-bond acceptors (Lipinski definition) is 2. The Morgan fingerprint density at radius 1 is 1.36 bits per heavy atom. The molecule has 2 N–H and O–H groups in total. The Morgan fingerprint density at radius 3 is 2.14 bits per heavy atom. The van der Waals surface area contributed by atoms with Gasteiger partial charge >= 0.3 is 11.9 Å². The summed E-state index contributed by atoms with van der Waals surface area (Å²) in [5.74, 6) is -2.93. The van der Waals surface area contributed by atoms with E-state index in [1.807, 2.05) is 6.92 Å². The van der Waals surface area contributed by atoms with Crippen molar-refractivity contribution in [3.63, 3.8) is 0 Å². The van der Waals surface area contributed by atoms with Gasteiger partial charge in [-0.3, -0.25) is 9.59 Å². The molecule has 0 aliphatic rings. The third-order valence-corrected chi connectivity index (χ3v) is 2.86. The predicted molar refractivity (Wildman–Crippen MR) is 52.1 cm³/mol. The number of aliphatic carboxylic acids is 2. The summed E-state index contributed by atoms with van der Waals surface area (Å²) >= 11 is 0. The first-order valence-corrected chi connectivity index (χ1v) is 4.82. The van der Waals surface area contributed by atoms with Gasteiger partial charge in [0.1, 0.15) is 0 Å². The summed E-state index contributed by atoms with van der Waals surface area (Å²) in [4.78, 5) is 21.8. The molecule has 14 heavy (non-hydrogen) atoms. The SMILES string of the molecule is CCCCC(C)(C(=O)O)C(C)C(=O)O. The van der Waals surface area contributed by atoms with Crippen molar-refractivity contribution in [1.29, 1.82) is 0 Å². The molecule has 0 aliphatic carbocycles. The van der Waals surface area contributed by atoms with Crippen molar-refractivity contribution in [1.82, 2.24) is 0 Å². The van der Waals surface area contributed by atoms with E-state index in [0.29, 0.717) is 6.42 Å². The average molecular weight is 202 g/mol. The van der Waals surface area contributed by atoms with Crippen LogP contribution in [0.5, 0.6) is 0 Å². The van der Waals surface area contributed by atoms with E-state index in [9.17, 15) is 9.59 Å². The first-order chi connectivity index (χ1) is 6.36. The number of hydrogen-bond donors (Lipinski definition) is 2. The maximum Gasteiger partial charge on any atom is 0.310 e. The lowest BCUT2D eigenvalue weighted by Crippen LogP contribution is -2.38. The Labute approximate surface area is 83.9 Å². The van der Waals surface area contributed by atoms with Gasteiger partial charge in [0.2, 0.25) is 0 Å². The van der Waals surface area contributed by atoms with Crippen molar-refractivity contribution in [2.24, 2.45) is 11.3 Å². The smallest absolute Gasteiger partial charge is 0.310 e. The molecule has 0 radical (unpaired) electrons. The first kappa shape index (κ1) is 12.9. The Morgan fingerprint density at radius 2 is 1.86 bits per heavy atom. The highest BCUT2D eigenvalue weighted by molar-refractivity contribution is 5.82. The average Bonchev–Trinajstić information content (AvgIpc) is 2.12. The zero-order valence-electron chi connectivity index (χ0n) is 8.91. The summed E-state index contributed by atoms with van der Waals surface area (Å²) in [7, 11) is 0. The van der Waals surface area contributed by atoms with Crippen LogP contribution in [0.1, 0.15) is 40.0 Å². The Balaban J connectivity index is 4.70. The van der Waals surface area contributed by atoms with Crippen molar-refractivity contribution in [2.75, 3.05) is 0 Å². The molecule has 0 rings (SSSR count). The lowest BCUT2D eigenvalue weighted by molar-refractivity contribution is -0.161. The Bertz CT molecular complexity index is 224. The predicted octanol–water partition coefficient (Wildman–Crippen LogP) is 1.99. The molecule has 0 amide bonds. The quantitative estimate of drug-likeness (QED) is 0.690. The van der Waals surface area contributed by atoms with Gasteiger partial charge in [0.15, 0.2) is 0 Å². The number of rotatable bonds is 6. The summed E-state index contributed by atoms with van der Waals surface area (Å²) in [6.07, 6.45) is 2.02. The van der Waals surface area contributed by atoms with E-state index in [0.717, 1.165) is 12.8 Å². The lowest BCUT2D eigenvalue weighted by atomic mass is 9.74. The maximum absolute atomic E-state index is 11.0. The number of carboxylic acids is 2. The van der Waals surface area contributed by atoms with E-state index in [1.54, 1.807) is 0 Å². The fourth-order valence-corrected chi connectivity index (χ4v) is 1.33. The van der Waals surface area contributed by atoms with Crippen LogP contribution in [0.2, 0.25) is 0 Å². The molecule has 0 fully saturated rings. The van der Waals surface area contributed by atoms with Crippen LogP contribution in [-0.4, -0.2) is 22.2 Å². The molecule has 0 saturated heterocycles. The fourth-order valence-electron chi connectivity index (χ4n) is 1.33. The van der Waals surface area contributed by atoms with Gasteiger partial charge in [-0.25, -0.2) is 0 Å². The van der Waals surface area contributed by atoms with Crippen molar-refractivity contribution in [3.05, 3.63) is 0 Å². The van der Waals surface area contributed by atoms with E-state index >= 15 is 0 Å².